The van der Waals surface area contributed by atoms with E-state index in [1.54, 1.807) is 6.26 Å². The number of furan rings is 1. The van der Waals surface area contributed by atoms with Crippen LogP contribution in [-0.4, -0.2) is 12.5 Å². The summed E-state index contributed by atoms with van der Waals surface area (Å²) in [7, 11) is 0. The van der Waals surface area contributed by atoms with E-state index < -0.39 is 0 Å². The van der Waals surface area contributed by atoms with Crippen molar-refractivity contribution in [3.63, 3.8) is 0 Å². The van der Waals surface area contributed by atoms with Crippen LogP contribution in [0.2, 0.25) is 0 Å². The topological polar surface area (TPSA) is 63.5 Å². The highest BCUT2D eigenvalue weighted by atomic mass is 16.3. The molecule has 0 amide bonds. The molecule has 0 spiro atoms. The van der Waals surface area contributed by atoms with Crippen molar-refractivity contribution in [3.05, 3.63) is 24.2 Å². The number of nitrogens with one attached hydrogen (secondary N) is 1. The molecule has 0 unspecified atom stereocenters. The Kier molecular flexibility index (Phi) is 3.27. The number of nitrogens with zero attached hydrogens (tertiary/aromatic N) is 1. The minimum Gasteiger partial charge on any atom is -0.467 e. The Morgan fingerprint density at radius 2 is 2.47 bits per heavy atom. The Bertz CT molecular complexity index is 315. The SMILES string of the molecule is NC(=NCc1ccco1)NCC1CCC1. The number of guanidine groups is 1. The molecule has 0 aromatic carbocycles. The molecule has 0 atom stereocenters. The van der Waals surface area contributed by atoms with Gasteiger partial charge in [0.05, 0.1) is 6.26 Å². The van der Waals surface area contributed by atoms with Crippen molar-refractivity contribution < 1.29 is 4.42 Å². The Morgan fingerprint density at radius 1 is 1.60 bits per heavy atom. The molecule has 1 fully saturated rings. The molecule has 1 aromatic heterocycles. The molecule has 4 heteroatoms. The molecular formula is C11H17N3O. The van der Waals surface area contributed by atoms with Gasteiger partial charge in [0, 0.05) is 6.54 Å². The van der Waals surface area contributed by atoms with Crippen LogP contribution >= 0.6 is 0 Å². The van der Waals surface area contributed by atoms with Crippen LogP contribution in [0.4, 0.5) is 0 Å². The molecule has 4 nitrogen and oxygen atoms in total. The largest absolute Gasteiger partial charge is 0.467 e. The summed E-state index contributed by atoms with van der Waals surface area (Å²) >= 11 is 0. The zero-order valence-electron chi connectivity index (χ0n) is 8.78. The Balaban J connectivity index is 1.69. The third-order valence-corrected chi connectivity index (χ3v) is 2.78. The Labute approximate surface area is 89.6 Å². The molecule has 82 valence electrons. The standard InChI is InChI=1S/C11H17N3O/c12-11(13-7-9-3-1-4-9)14-8-10-5-2-6-15-10/h2,5-6,9H,1,3-4,7-8H2,(H3,12,13,14). The second-order valence-corrected chi connectivity index (χ2v) is 3.96. The van der Waals surface area contributed by atoms with Gasteiger partial charge >= 0.3 is 0 Å². The lowest BCUT2D eigenvalue weighted by Crippen LogP contribution is -2.37. The summed E-state index contributed by atoms with van der Waals surface area (Å²) in [5, 5.41) is 3.13. The highest BCUT2D eigenvalue weighted by Gasteiger charge is 2.16. The summed E-state index contributed by atoms with van der Waals surface area (Å²) in [4.78, 5) is 4.19. The molecule has 2 rings (SSSR count). The molecule has 1 aromatic rings. The summed E-state index contributed by atoms with van der Waals surface area (Å²) < 4.78 is 5.15. The van der Waals surface area contributed by atoms with Crippen LogP contribution in [0, 0.1) is 5.92 Å². The average molecular weight is 207 g/mol. The quantitative estimate of drug-likeness (QED) is 0.580. The fraction of sp³-hybridized carbons (Fsp3) is 0.545. The van der Waals surface area contributed by atoms with Crippen LogP contribution in [0.3, 0.4) is 0 Å². The molecular weight excluding hydrogens is 190 g/mol. The number of nitrogens with two attached hydrogens (primary N) is 1. The second kappa shape index (κ2) is 4.87. The van der Waals surface area contributed by atoms with E-state index in [9.17, 15) is 0 Å². The van der Waals surface area contributed by atoms with E-state index in [2.05, 4.69) is 10.3 Å². The van der Waals surface area contributed by atoms with Crippen LogP contribution in [0.5, 0.6) is 0 Å². The average Bonchev–Trinajstić information content (AvgIpc) is 2.64. The molecule has 1 heterocycles. The van der Waals surface area contributed by atoms with E-state index in [4.69, 9.17) is 10.2 Å². The number of hydrogen-bond donors (Lipinski definition) is 2. The van der Waals surface area contributed by atoms with Crippen molar-refractivity contribution in [1.82, 2.24) is 5.32 Å². The van der Waals surface area contributed by atoms with Crippen molar-refractivity contribution in [1.29, 1.82) is 0 Å². The van der Waals surface area contributed by atoms with E-state index in [-0.39, 0.29) is 0 Å². The maximum absolute atomic E-state index is 5.71. The number of hydrogen-bond acceptors (Lipinski definition) is 2. The number of aliphatic imine (C=N–C) groups is 1. The first-order valence-electron chi connectivity index (χ1n) is 5.41. The molecule has 0 aliphatic heterocycles. The van der Waals surface area contributed by atoms with Crippen molar-refractivity contribution in [2.45, 2.75) is 25.8 Å². The summed E-state index contributed by atoms with van der Waals surface area (Å²) in [6, 6.07) is 3.74. The predicted molar refractivity (Wildman–Crippen MR) is 59.4 cm³/mol. The van der Waals surface area contributed by atoms with Crippen molar-refractivity contribution in [2.75, 3.05) is 6.54 Å². The smallest absolute Gasteiger partial charge is 0.189 e. The zero-order chi connectivity index (χ0) is 10.5. The van der Waals surface area contributed by atoms with Crippen molar-refractivity contribution in [3.8, 4) is 0 Å². The lowest BCUT2D eigenvalue weighted by Gasteiger charge is -2.25. The van der Waals surface area contributed by atoms with Gasteiger partial charge in [-0.1, -0.05) is 6.42 Å². The Morgan fingerprint density at radius 3 is 3.07 bits per heavy atom. The monoisotopic (exact) mass is 207 g/mol. The van der Waals surface area contributed by atoms with Crippen LogP contribution < -0.4 is 11.1 Å². The number of rotatable bonds is 4. The molecule has 0 saturated heterocycles. The van der Waals surface area contributed by atoms with Crippen molar-refractivity contribution >= 4 is 5.96 Å². The summed E-state index contributed by atoms with van der Waals surface area (Å²) in [6.45, 7) is 1.46. The fourth-order valence-corrected chi connectivity index (χ4v) is 1.57. The molecule has 0 bridgehead atoms. The predicted octanol–water partition coefficient (Wildman–Crippen LogP) is 1.48. The van der Waals surface area contributed by atoms with E-state index in [1.807, 2.05) is 12.1 Å². The van der Waals surface area contributed by atoms with Gasteiger partial charge in [0.15, 0.2) is 5.96 Å². The van der Waals surface area contributed by atoms with Gasteiger partial charge in [-0.2, -0.15) is 0 Å². The zero-order valence-corrected chi connectivity index (χ0v) is 8.78. The maximum atomic E-state index is 5.71. The maximum Gasteiger partial charge on any atom is 0.189 e. The molecule has 3 N–H and O–H groups in total. The van der Waals surface area contributed by atoms with Gasteiger partial charge in [0.2, 0.25) is 0 Å². The summed E-state index contributed by atoms with van der Waals surface area (Å²) in [5.41, 5.74) is 5.71. The minimum absolute atomic E-state index is 0.510. The van der Waals surface area contributed by atoms with Gasteiger partial charge in [-0.05, 0) is 30.9 Å². The third kappa shape index (κ3) is 3.01. The van der Waals surface area contributed by atoms with Crippen LogP contribution in [0.25, 0.3) is 0 Å². The van der Waals surface area contributed by atoms with Gasteiger partial charge in [-0.15, -0.1) is 0 Å². The molecule has 1 aliphatic rings. The van der Waals surface area contributed by atoms with Gasteiger partial charge in [0.25, 0.3) is 0 Å². The normalized spacial score (nSPS) is 17.5. The van der Waals surface area contributed by atoms with Gasteiger partial charge < -0.3 is 15.5 Å². The minimum atomic E-state index is 0.510. The first-order chi connectivity index (χ1) is 7.34. The molecule has 1 aliphatic carbocycles. The fourth-order valence-electron chi connectivity index (χ4n) is 1.57. The highest BCUT2D eigenvalue weighted by molar-refractivity contribution is 5.77. The first kappa shape index (κ1) is 10.1. The van der Waals surface area contributed by atoms with E-state index in [1.165, 1.54) is 19.3 Å². The highest BCUT2D eigenvalue weighted by Crippen LogP contribution is 2.24. The van der Waals surface area contributed by atoms with Crippen LogP contribution in [0.15, 0.2) is 27.8 Å². The van der Waals surface area contributed by atoms with Gasteiger partial charge in [0.1, 0.15) is 12.3 Å². The van der Waals surface area contributed by atoms with E-state index >= 15 is 0 Å². The summed E-state index contributed by atoms with van der Waals surface area (Å²) in [6.07, 6.45) is 5.63. The lowest BCUT2D eigenvalue weighted by atomic mass is 9.85. The third-order valence-electron chi connectivity index (χ3n) is 2.78. The lowest BCUT2D eigenvalue weighted by molar-refractivity contribution is 0.315. The molecule has 1 saturated carbocycles. The van der Waals surface area contributed by atoms with Crippen LogP contribution in [-0.2, 0) is 6.54 Å². The Hall–Kier alpha value is -1.45. The molecule has 0 radical (unpaired) electrons. The second-order valence-electron chi connectivity index (χ2n) is 3.96. The van der Waals surface area contributed by atoms with Gasteiger partial charge in [-0.25, -0.2) is 4.99 Å². The van der Waals surface area contributed by atoms with Gasteiger partial charge in [-0.3, -0.25) is 0 Å². The summed E-state index contributed by atoms with van der Waals surface area (Å²) in [5.74, 6) is 2.14. The first-order valence-corrected chi connectivity index (χ1v) is 5.41. The van der Waals surface area contributed by atoms with Crippen LogP contribution in [0.1, 0.15) is 25.0 Å². The van der Waals surface area contributed by atoms with Crippen molar-refractivity contribution in [2.24, 2.45) is 16.6 Å². The van der Waals surface area contributed by atoms with E-state index in [0.29, 0.717) is 12.5 Å². The van der Waals surface area contributed by atoms with E-state index in [0.717, 1.165) is 18.2 Å². The molecule has 15 heavy (non-hydrogen) atoms.